The largest absolute Gasteiger partial charge is 0.289 e. The Balaban J connectivity index is 1.90. The van der Waals surface area contributed by atoms with E-state index in [0.29, 0.717) is 28.3 Å². The van der Waals surface area contributed by atoms with Crippen LogP contribution < -0.4 is 4.42 Å². The Hall–Kier alpha value is -2.33. The number of rotatable bonds is 7. The quantitative estimate of drug-likeness (QED) is 0.249. The highest BCUT2D eigenvalue weighted by molar-refractivity contribution is 6.36. The first-order chi connectivity index (χ1) is 14.0. The zero-order chi connectivity index (χ0) is 20.8. The van der Waals surface area contributed by atoms with E-state index in [-0.39, 0.29) is 24.0 Å². The molecule has 0 fully saturated rings. The molecule has 3 aromatic carbocycles. The molecule has 0 N–H and O–H groups in total. The van der Waals surface area contributed by atoms with Crippen LogP contribution in [0.25, 0.3) is 0 Å². The van der Waals surface area contributed by atoms with Crippen LogP contribution >= 0.6 is 35.0 Å². The summed E-state index contributed by atoms with van der Waals surface area (Å²) in [6, 6.07) is 21.3. The Labute approximate surface area is 184 Å². The number of para-hydroxylation sites is 1. The van der Waals surface area contributed by atoms with E-state index < -0.39 is 0 Å². The smallest absolute Gasteiger partial charge is 0.246 e. The summed E-state index contributed by atoms with van der Waals surface area (Å²) in [7, 11) is 0. The average molecular weight is 447 g/mol. The second-order valence-corrected chi connectivity index (χ2v) is 7.34. The average Bonchev–Trinajstić information content (AvgIpc) is 2.78. The fourth-order valence-corrected chi connectivity index (χ4v) is 3.45. The van der Waals surface area contributed by atoms with Gasteiger partial charge in [0.2, 0.25) is 5.91 Å². The second kappa shape index (κ2) is 9.93. The van der Waals surface area contributed by atoms with E-state index in [1.54, 1.807) is 54.6 Å². The van der Waals surface area contributed by atoms with Gasteiger partial charge in [-0.25, -0.2) is 4.42 Å². The molecule has 0 aliphatic carbocycles. The van der Waals surface area contributed by atoms with Crippen LogP contribution in [0.5, 0.6) is 0 Å². The van der Waals surface area contributed by atoms with E-state index in [1.165, 1.54) is 0 Å². The maximum absolute atomic E-state index is 13.1. The number of carbonyl (C=O) groups excluding carboxylic acids is 2. The molecule has 0 aliphatic heterocycles. The highest BCUT2D eigenvalue weighted by Crippen LogP contribution is 2.22. The molecule has 0 bridgehead atoms. The lowest BCUT2D eigenvalue weighted by Crippen LogP contribution is -2.23. The summed E-state index contributed by atoms with van der Waals surface area (Å²) in [5.74, 6) is 0.152. The molecule has 0 aliphatic rings. The molecule has 0 saturated carbocycles. The first-order valence-electron chi connectivity index (χ1n) is 8.94. The van der Waals surface area contributed by atoms with Crippen molar-refractivity contribution in [1.82, 2.24) is 0 Å². The van der Waals surface area contributed by atoms with Crippen LogP contribution in [-0.2, 0) is 23.0 Å². The van der Waals surface area contributed by atoms with E-state index >= 15 is 0 Å². The second-order valence-electron chi connectivity index (χ2n) is 6.47. The number of nitrogens with zero attached hydrogens (tertiary/aromatic N) is 1. The first kappa shape index (κ1) is 21.4. The molecular weight excluding hydrogens is 429 g/mol. The van der Waals surface area contributed by atoms with Crippen LogP contribution in [0, 0.1) is 0 Å². The summed E-state index contributed by atoms with van der Waals surface area (Å²) in [6.45, 7) is 0. The molecular formula is C23H18Cl3NO2. The minimum Gasteiger partial charge on any atom is -0.289 e. The van der Waals surface area contributed by atoms with Gasteiger partial charge in [0, 0.05) is 34.7 Å². The maximum atomic E-state index is 13.1. The third-order valence-electron chi connectivity index (χ3n) is 4.48. The van der Waals surface area contributed by atoms with Crippen molar-refractivity contribution < 1.29 is 9.59 Å². The van der Waals surface area contributed by atoms with Gasteiger partial charge in [-0.15, -0.1) is 23.2 Å². The molecule has 0 radical (unpaired) electrons. The lowest BCUT2D eigenvalue weighted by Gasteiger charge is -2.16. The van der Waals surface area contributed by atoms with Crippen LogP contribution in [0.1, 0.15) is 32.6 Å². The van der Waals surface area contributed by atoms with Crippen LogP contribution in [0.2, 0.25) is 0 Å². The number of amides is 1. The summed E-state index contributed by atoms with van der Waals surface area (Å²) >= 11 is 18.0. The molecule has 3 nitrogen and oxygen atoms in total. The van der Waals surface area contributed by atoms with Crippen molar-refractivity contribution in [3.8, 4) is 0 Å². The molecule has 0 saturated heterocycles. The number of anilines is 1. The number of alkyl halides is 2. The molecule has 3 rings (SSSR count). The number of benzene rings is 3. The number of halogens is 3. The highest BCUT2D eigenvalue weighted by atomic mass is 35.5. The summed E-state index contributed by atoms with van der Waals surface area (Å²) in [4.78, 5) is 25.8. The lowest BCUT2D eigenvalue weighted by atomic mass is 9.94. The van der Waals surface area contributed by atoms with Gasteiger partial charge in [0.15, 0.2) is 5.78 Å². The van der Waals surface area contributed by atoms with E-state index in [4.69, 9.17) is 35.0 Å². The van der Waals surface area contributed by atoms with Crippen LogP contribution in [0.3, 0.4) is 0 Å². The Morgan fingerprint density at radius 2 is 1.41 bits per heavy atom. The fraction of sp³-hybridized carbons (Fsp3) is 0.130. The maximum Gasteiger partial charge on any atom is 0.246 e. The topological polar surface area (TPSA) is 37.4 Å². The predicted molar refractivity (Wildman–Crippen MR) is 119 cm³/mol. The third-order valence-corrected chi connectivity index (χ3v) is 5.48. The molecule has 0 aromatic heterocycles. The van der Waals surface area contributed by atoms with Crippen molar-refractivity contribution in [3.63, 3.8) is 0 Å². The lowest BCUT2D eigenvalue weighted by molar-refractivity contribution is -0.116. The number of hydrogen-bond donors (Lipinski definition) is 0. The Morgan fingerprint density at radius 1 is 0.793 bits per heavy atom. The van der Waals surface area contributed by atoms with Gasteiger partial charge in [0.1, 0.15) is 0 Å². The van der Waals surface area contributed by atoms with Crippen LogP contribution in [0.15, 0.2) is 72.8 Å². The molecule has 148 valence electrons. The van der Waals surface area contributed by atoms with Crippen molar-refractivity contribution >= 4 is 52.4 Å². The van der Waals surface area contributed by atoms with Crippen molar-refractivity contribution in [2.45, 2.75) is 18.2 Å². The number of ketones is 1. The van der Waals surface area contributed by atoms with Gasteiger partial charge in [-0.3, -0.25) is 9.59 Å². The van der Waals surface area contributed by atoms with E-state index in [9.17, 15) is 9.59 Å². The van der Waals surface area contributed by atoms with Gasteiger partial charge in [0.25, 0.3) is 0 Å². The zero-order valence-corrected chi connectivity index (χ0v) is 17.7. The van der Waals surface area contributed by atoms with E-state index in [2.05, 4.69) is 0 Å². The van der Waals surface area contributed by atoms with E-state index in [1.807, 2.05) is 18.2 Å². The van der Waals surface area contributed by atoms with Crippen LogP contribution in [0.4, 0.5) is 5.69 Å². The zero-order valence-electron chi connectivity index (χ0n) is 15.4. The summed E-state index contributed by atoms with van der Waals surface area (Å²) < 4.78 is 1.07. The standard InChI is InChI=1S/C23H18Cl3NO2/c24-14-16-6-9-18(10-7-16)23(29)21-11-8-17(15-25)12-19(21)13-22(28)27(26)20-4-2-1-3-5-20/h1-12H,13-15H2. The normalized spacial score (nSPS) is 10.6. The highest BCUT2D eigenvalue weighted by Gasteiger charge is 2.20. The van der Waals surface area contributed by atoms with Crippen molar-refractivity contribution in [3.05, 3.63) is 101 Å². The summed E-state index contributed by atoms with van der Waals surface area (Å²) in [5, 5.41) is 0. The fourth-order valence-electron chi connectivity index (χ4n) is 2.93. The van der Waals surface area contributed by atoms with Gasteiger partial charge < -0.3 is 0 Å². The number of hydrogen-bond acceptors (Lipinski definition) is 2. The van der Waals surface area contributed by atoms with E-state index in [0.717, 1.165) is 15.5 Å². The molecule has 6 heteroatoms. The van der Waals surface area contributed by atoms with Gasteiger partial charge in [-0.05, 0) is 28.8 Å². The van der Waals surface area contributed by atoms with Gasteiger partial charge in [0.05, 0.1) is 12.1 Å². The SMILES string of the molecule is O=C(c1ccc(CCl)cc1)c1ccc(CCl)cc1CC(=O)N(Cl)c1ccccc1. The molecule has 1 amide bonds. The van der Waals surface area contributed by atoms with Crippen molar-refractivity contribution in [2.24, 2.45) is 0 Å². The van der Waals surface area contributed by atoms with Gasteiger partial charge in [-0.2, -0.15) is 0 Å². The molecule has 0 spiro atoms. The summed E-state index contributed by atoms with van der Waals surface area (Å²) in [5.41, 5.74) is 3.88. The molecule has 0 heterocycles. The van der Waals surface area contributed by atoms with Crippen molar-refractivity contribution in [1.29, 1.82) is 0 Å². The Kier molecular flexibility index (Phi) is 7.32. The van der Waals surface area contributed by atoms with Gasteiger partial charge >= 0.3 is 0 Å². The molecule has 29 heavy (non-hydrogen) atoms. The molecule has 3 aromatic rings. The van der Waals surface area contributed by atoms with Crippen LogP contribution in [-0.4, -0.2) is 11.7 Å². The molecule has 0 unspecified atom stereocenters. The minimum atomic E-state index is -0.337. The summed E-state index contributed by atoms with van der Waals surface area (Å²) in [6.07, 6.45) is -0.0238. The van der Waals surface area contributed by atoms with Crippen molar-refractivity contribution in [2.75, 3.05) is 4.42 Å². The Bertz CT molecular complexity index is 1000. The Morgan fingerprint density at radius 3 is 2.03 bits per heavy atom. The predicted octanol–water partition coefficient (Wildman–Crippen LogP) is 6.12. The number of carbonyl (C=O) groups is 2. The third kappa shape index (κ3) is 5.18. The minimum absolute atomic E-state index is 0.0238. The first-order valence-corrected chi connectivity index (χ1v) is 10.4. The molecule has 0 atom stereocenters. The van der Waals surface area contributed by atoms with Gasteiger partial charge in [-0.1, -0.05) is 60.7 Å². The monoisotopic (exact) mass is 445 g/mol.